The van der Waals surface area contributed by atoms with E-state index in [9.17, 15) is 5.11 Å². The largest absolute Gasteiger partial charge is 0.390 e. The zero-order valence-electron chi connectivity index (χ0n) is 11.2. The average molecular weight is 277 g/mol. The molecule has 102 valence electrons. The van der Waals surface area contributed by atoms with E-state index in [4.69, 9.17) is 4.74 Å². The SMILES string of the molecule is CCOC(c1ccccc1)C(O)Cc1csc(C)n1. The van der Waals surface area contributed by atoms with E-state index < -0.39 is 6.10 Å². The third-order valence-corrected chi connectivity index (χ3v) is 3.73. The minimum atomic E-state index is -0.580. The van der Waals surface area contributed by atoms with Crippen LogP contribution in [0.3, 0.4) is 0 Å². The Hall–Kier alpha value is -1.23. The molecule has 0 saturated carbocycles. The molecule has 0 aliphatic heterocycles. The van der Waals surface area contributed by atoms with E-state index in [0.717, 1.165) is 16.3 Å². The van der Waals surface area contributed by atoms with E-state index in [2.05, 4.69) is 4.98 Å². The van der Waals surface area contributed by atoms with Crippen molar-refractivity contribution in [2.75, 3.05) is 6.61 Å². The van der Waals surface area contributed by atoms with Crippen LogP contribution in [-0.4, -0.2) is 22.8 Å². The minimum Gasteiger partial charge on any atom is -0.390 e. The molecule has 0 aliphatic carbocycles. The topological polar surface area (TPSA) is 42.4 Å². The highest BCUT2D eigenvalue weighted by Gasteiger charge is 2.22. The summed E-state index contributed by atoms with van der Waals surface area (Å²) < 4.78 is 5.69. The van der Waals surface area contributed by atoms with Gasteiger partial charge in [-0.1, -0.05) is 30.3 Å². The first kappa shape index (κ1) is 14.2. The summed E-state index contributed by atoms with van der Waals surface area (Å²) in [6.07, 6.45) is -0.360. The van der Waals surface area contributed by atoms with Crippen LogP contribution in [0.1, 0.15) is 29.3 Å². The molecule has 0 amide bonds. The maximum atomic E-state index is 10.4. The van der Waals surface area contributed by atoms with Crippen LogP contribution in [0.25, 0.3) is 0 Å². The Morgan fingerprint density at radius 2 is 2.05 bits per heavy atom. The predicted molar refractivity (Wildman–Crippen MR) is 77.4 cm³/mol. The van der Waals surface area contributed by atoms with Crippen molar-refractivity contribution in [2.45, 2.75) is 32.5 Å². The lowest BCUT2D eigenvalue weighted by Crippen LogP contribution is -2.24. The normalized spacial score (nSPS) is 14.3. The number of hydrogen-bond donors (Lipinski definition) is 1. The van der Waals surface area contributed by atoms with Crippen LogP contribution >= 0.6 is 11.3 Å². The Kier molecular flexibility index (Phi) is 5.07. The lowest BCUT2D eigenvalue weighted by atomic mass is 10.0. The van der Waals surface area contributed by atoms with Crippen LogP contribution in [0, 0.1) is 6.92 Å². The summed E-state index contributed by atoms with van der Waals surface area (Å²) in [7, 11) is 0. The number of hydrogen-bond acceptors (Lipinski definition) is 4. The molecule has 1 aromatic carbocycles. The lowest BCUT2D eigenvalue weighted by molar-refractivity contribution is -0.0343. The van der Waals surface area contributed by atoms with Crippen LogP contribution in [0.4, 0.5) is 0 Å². The van der Waals surface area contributed by atoms with Gasteiger partial charge < -0.3 is 9.84 Å². The lowest BCUT2D eigenvalue weighted by Gasteiger charge is -2.22. The van der Waals surface area contributed by atoms with E-state index in [-0.39, 0.29) is 6.10 Å². The van der Waals surface area contributed by atoms with Crippen molar-refractivity contribution in [3.05, 3.63) is 52.0 Å². The number of aliphatic hydroxyl groups is 1. The molecule has 1 heterocycles. The molecular weight excluding hydrogens is 258 g/mol. The predicted octanol–water partition coefficient (Wildman–Crippen LogP) is 3.13. The first-order valence-corrected chi connectivity index (χ1v) is 7.34. The summed E-state index contributed by atoms with van der Waals surface area (Å²) in [5, 5.41) is 13.4. The van der Waals surface area contributed by atoms with Gasteiger partial charge in [0.05, 0.1) is 16.8 Å². The number of benzene rings is 1. The van der Waals surface area contributed by atoms with Crippen molar-refractivity contribution in [3.8, 4) is 0 Å². The Labute approximate surface area is 117 Å². The Morgan fingerprint density at radius 3 is 2.63 bits per heavy atom. The molecule has 2 aromatic rings. The summed E-state index contributed by atoms with van der Waals surface area (Å²) in [6, 6.07) is 9.84. The summed E-state index contributed by atoms with van der Waals surface area (Å²) in [4.78, 5) is 4.39. The van der Waals surface area contributed by atoms with Gasteiger partial charge >= 0.3 is 0 Å². The fourth-order valence-corrected chi connectivity index (χ4v) is 2.70. The zero-order valence-corrected chi connectivity index (χ0v) is 12.1. The van der Waals surface area contributed by atoms with Gasteiger partial charge in [-0.3, -0.25) is 0 Å². The van der Waals surface area contributed by atoms with Gasteiger partial charge in [-0.2, -0.15) is 0 Å². The van der Waals surface area contributed by atoms with E-state index in [1.807, 2.05) is 49.6 Å². The summed E-state index contributed by atoms with van der Waals surface area (Å²) in [5.74, 6) is 0. The number of rotatable bonds is 6. The van der Waals surface area contributed by atoms with E-state index >= 15 is 0 Å². The number of nitrogens with zero attached hydrogens (tertiary/aromatic N) is 1. The van der Waals surface area contributed by atoms with Gasteiger partial charge in [-0.25, -0.2) is 4.98 Å². The second kappa shape index (κ2) is 6.80. The zero-order chi connectivity index (χ0) is 13.7. The number of thiazole rings is 1. The summed E-state index contributed by atoms with van der Waals surface area (Å²) in [6.45, 7) is 4.49. The van der Waals surface area contributed by atoms with Crippen LogP contribution in [0.5, 0.6) is 0 Å². The number of aromatic nitrogens is 1. The van der Waals surface area contributed by atoms with Gasteiger partial charge in [0.25, 0.3) is 0 Å². The second-order valence-corrected chi connectivity index (χ2v) is 5.48. The van der Waals surface area contributed by atoms with E-state index in [0.29, 0.717) is 13.0 Å². The minimum absolute atomic E-state index is 0.298. The number of aryl methyl sites for hydroxylation is 1. The van der Waals surface area contributed by atoms with Crippen molar-refractivity contribution in [1.29, 1.82) is 0 Å². The quantitative estimate of drug-likeness (QED) is 0.882. The fraction of sp³-hybridized carbons (Fsp3) is 0.400. The third-order valence-electron chi connectivity index (χ3n) is 2.91. The van der Waals surface area contributed by atoms with Crippen LogP contribution in [0.2, 0.25) is 0 Å². The second-order valence-electron chi connectivity index (χ2n) is 4.42. The standard InChI is InChI=1S/C15H19NO2S/c1-3-18-15(12-7-5-4-6-8-12)14(17)9-13-10-19-11(2)16-13/h4-8,10,14-15,17H,3,9H2,1-2H3. The maximum Gasteiger partial charge on any atom is 0.109 e. The highest BCUT2D eigenvalue weighted by molar-refractivity contribution is 7.09. The van der Waals surface area contributed by atoms with Crippen molar-refractivity contribution in [2.24, 2.45) is 0 Å². The van der Waals surface area contributed by atoms with Gasteiger partial charge in [0.2, 0.25) is 0 Å². The van der Waals surface area contributed by atoms with Crippen molar-refractivity contribution >= 4 is 11.3 Å². The van der Waals surface area contributed by atoms with Gasteiger partial charge in [-0.05, 0) is 19.4 Å². The summed E-state index contributed by atoms with van der Waals surface area (Å²) in [5.41, 5.74) is 1.93. The van der Waals surface area contributed by atoms with Crippen LogP contribution < -0.4 is 0 Å². The monoisotopic (exact) mass is 277 g/mol. The smallest absolute Gasteiger partial charge is 0.109 e. The van der Waals surface area contributed by atoms with Crippen LogP contribution in [-0.2, 0) is 11.2 Å². The van der Waals surface area contributed by atoms with Gasteiger partial charge in [0.15, 0.2) is 0 Å². The molecule has 2 rings (SSSR count). The Balaban J connectivity index is 2.10. The molecule has 3 nitrogen and oxygen atoms in total. The highest BCUT2D eigenvalue weighted by Crippen LogP contribution is 2.24. The van der Waals surface area contributed by atoms with Gasteiger partial charge in [0, 0.05) is 18.4 Å². The van der Waals surface area contributed by atoms with Crippen molar-refractivity contribution in [3.63, 3.8) is 0 Å². The van der Waals surface area contributed by atoms with Crippen molar-refractivity contribution < 1.29 is 9.84 Å². The molecule has 4 heteroatoms. The molecule has 0 saturated heterocycles. The van der Waals surface area contributed by atoms with Gasteiger partial charge in [0.1, 0.15) is 6.10 Å². The first-order chi connectivity index (χ1) is 9.20. The fourth-order valence-electron chi connectivity index (χ4n) is 2.08. The molecule has 2 unspecified atom stereocenters. The van der Waals surface area contributed by atoms with E-state index in [1.54, 1.807) is 11.3 Å². The molecule has 19 heavy (non-hydrogen) atoms. The van der Waals surface area contributed by atoms with Gasteiger partial charge in [-0.15, -0.1) is 11.3 Å². The molecule has 0 aliphatic rings. The first-order valence-electron chi connectivity index (χ1n) is 6.46. The average Bonchev–Trinajstić information content (AvgIpc) is 2.82. The number of ether oxygens (including phenoxy) is 1. The molecule has 0 radical (unpaired) electrons. The Morgan fingerprint density at radius 1 is 1.32 bits per heavy atom. The third kappa shape index (κ3) is 3.86. The molecule has 0 bridgehead atoms. The molecule has 1 N–H and O–H groups in total. The molecule has 1 aromatic heterocycles. The molecule has 2 atom stereocenters. The van der Waals surface area contributed by atoms with E-state index in [1.165, 1.54) is 0 Å². The maximum absolute atomic E-state index is 10.4. The Bertz CT molecular complexity index is 498. The van der Waals surface area contributed by atoms with Crippen LogP contribution in [0.15, 0.2) is 35.7 Å². The summed E-state index contributed by atoms with van der Waals surface area (Å²) >= 11 is 1.60. The molecular formula is C15H19NO2S. The number of aliphatic hydroxyl groups excluding tert-OH is 1. The molecule has 0 spiro atoms. The molecule has 0 fully saturated rings. The van der Waals surface area contributed by atoms with Crippen molar-refractivity contribution in [1.82, 2.24) is 4.98 Å². The highest BCUT2D eigenvalue weighted by atomic mass is 32.1.